The molecule has 1 heterocycles. The number of thiazole rings is 1. The highest BCUT2D eigenvalue weighted by molar-refractivity contribution is 7.15. The highest BCUT2D eigenvalue weighted by Gasteiger charge is 2.12. The molecule has 0 aliphatic carbocycles. The molecule has 1 atom stereocenters. The molecule has 0 radical (unpaired) electrons. The number of nitrogens with zero attached hydrogens (tertiary/aromatic N) is 1. The minimum absolute atomic E-state index is 0.494. The first-order valence-electron chi connectivity index (χ1n) is 7.87. The van der Waals surface area contributed by atoms with Crippen LogP contribution in [0.5, 0.6) is 0 Å². The normalized spacial score (nSPS) is 12.6. The maximum absolute atomic E-state index is 4.75. The van der Waals surface area contributed by atoms with Crippen LogP contribution in [-0.2, 0) is 12.8 Å². The molecule has 21 heavy (non-hydrogen) atoms. The van der Waals surface area contributed by atoms with Crippen LogP contribution in [-0.4, -0.2) is 11.5 Å². The molecule has 1 N–H and O–H groups in total. The highest BCUT2D eigenvalue weighted by atomic mass is 32.1. The van der Waals surface area contributed by atoms with E-state index in [4.69, 9.17) is 4.98 Å². The monoisotopic (exact) mass is 302 g/mol. The van der Waals surface area contributed by atoms with Gasteiger partial charge in [0.25, 0.3) is 0 Å². The Hall–Kier alpha value is -1.35. The van der Waals surface area contributed by atoms with Crippen molar-refractivity contribution < 1.29 is 0 Å². The summed E-state index contributed by atoms with van der Waals surface area (Å²) in [6.07, 6.45) is 2.16. The van der Waals surface area contributed by atoms with Crippen molar-refractivity contribution in [2.75, 3.05) is 11.9 Å². The molecule has 0 spiro atoms. The van der Waals surface area contributed by atoms with Gasteiger partial charge >= 0.3 is 0 Å². The molecule has 2 aromatic rings. The summed E-state index contributed by atoms with van der Waals surface area (Å²) in [5.41, 5.74) is 2.64. The van der Waals surface area contributed by atoms with Crippen LogP contribution in [0.1, 0.15) is 49.7 Å². The van der Waals surface area contributed by atoms with E-state index >= 15 is 0 Å². The molecule has 0 saturated heterocycles. The Morgan fingerprint density at radius 1 is 1.14 bits per heavy atom. The Labute approximate surface area is 132 Å². The first-order valence-corrected chi connectivity index (χ1v) is 8.69. The molecular weight excluding hydrogens is 276 g/mol. The van der Waals surface area contributed by atoms with Gasteiger partial charge in [0.15, 0.2) is 5.13 Å². The SMILES string of the molecule is CCc1nc(NCC(C)c2ccccc2)sc1CC(C)C. The molecule has 2 nitrogen and oxygen atoms in total. The maximum atomic E-state index is 4.75. The zero-order chi connectivity index (χ0) is 15.2. The van der Waals surface area contributed by atoms with E-state index in [2.05, 4.69) is 63.3 Å². The summed E-state index contributed by atoms with van der Waals surface area (Å²) in [5, 5.41) is 4.59. The molecule has 1 unspecified atom stereocenters. The molecule has 0 aliphatic heterocycles. The predicted octanol–water partition coefficient (Wildman–Crippen LogP) is 5.12. The molecule has 1 aromatic carbocycles. The van der Waals surface area contributed by atoms with E-state index in [1.54, 1.807) is 0 Å². The van der Waals surface area contributed by atoms with Crippen LogP contribution < -0.4 is 5.32 Å². The fourth-order valence-electron chi connectivity index (χ4n) is 2.41. The summed E-state index contributed by atoms with van der Waals surface area (Å²) >= 11 is 1.83. The smallest absolute Gasteiger partial charge is 0.183 e. The summed E-state index contributed by atoms with van der Waals surface area (Å²) in [6, 6.07) is 10.7. The van der Waals surface area contributed by atoms with Crippen molar-refractivity contribution >= 4 is 16.5 Å². The number of hydrogen-bond donors (Lipinski definition) is 1. The zero-order valence-corrected chi connectivity index (χ0v) is 14.3. The van der Waals surface area contributed by atoms with E-state index < -0.39 is 0 Å². The van der Waals surface area contributed by atoms with Crippen molar-refractivity contribution in [3.8, 4) is 0 Å². The maximum Gasteiger partial charge on any atom is 0.183 e. The Bertz CT molecular complexity index is 546. The van der Waals surface area contributed by atoms with Crippen molar-refractivity contribution in [1.82, 2.24) is 4.98 Å². The Morgan fingerprint density at radius 2 is 1.86 bits per heavy atom. The molecule has 3 heteroatoms. The van der Waals surface area contributed by atoms with Gasteiger partial charge in [-0.15, -0.1) is 11.3 Å². The van der Waals surface area contributed by atoms with Crippen LogP contribution in [0.15, 0.2) is 30.3 Å². The Kier molecular flexibility index (Phi) is 5.80. The highest BCUT2D eigenvalue weighted by Crippen LogP contribution is 2.27. The molecule has 0 bridgehead atoms. The summed E-state index contributed by atoms with van der Waals surface area (Å²) in [6.45, 7) is 9.91. The van der Waals surface area contributed by atoms with Crippen LogP contribution in [0.4, 0.5) is 5.13 Å². The molecule has 2 rings (SSSR count). The van der Waals surface area contributed by atoms with Crippen LogP contribution >= 0.6 is 11.3 Å². The van der Waals surface area contributed by atoms with Gasteiger partial charge in [0, 0.05) is 11.4 Å². The van der Waals surface area contributed by atoms with Crippen molar-refractivity contribution in [3.63, 3.8) is 0 Å². The second-order valence-corrected chi connectivity index (χ2v) is 7.12. The van der Waals surface area contributed by atoms with E-state index in [0.717, 1.165) is 24.5 Å². The Balaban J connectivity index is 1.98. The van der Waals surface area contributed by atoms with Gasteiger partial charge in [-0.05, 0) is 30.2 Å². The average Bonchev–Trinajstić information content (AvgIpc) is 2.87. The fourth-order valence-corrected chi connectivity index (χ4v) is 3.67. The van der Waals surface area contributed by atoms with Gasteiger partial charge in [-0.3, -0.25) is 0 Å². The van der Waals surface area contributed by atoms with Crippen LogP contribution in [0.2, 0.25) is 0 Å². The van der Waals surface area contributed by atoms with E-state index in [0.29, 0.717) is 11.8 Å². The summed E-state index contributed by atoms with van der Waals surface area (Å²) < 4.78 is 0. The summed E-state index contributed by atoms with van der Waals surface area (Å²) in [4.78, 5) is 6.20. The quantitative estimate of drug-likeness (QED) is 0.768. The topological polar surface area (TPSA) is 24.9 Å². The van der Waals surface area contributed by atoms with E-state index in [9.17, 15) is 0 Å². The van der Waals surface area contributed by atoms with Gasteiger partial charge in [-0.25, -0.2) is 4.98 Å². The second-order valence-electron chi connectivity index (χ2n) is 6.03. The van der Waals surface area contributed by atoms with Gasteiger partial charge in [0.2, 0.25) is 0 Å². The standard InChI is InChI=1S/C18H26N2S/c1-5-16-17(11-13(2)3)21-18(20-16)19-12-14(4)15-9-7-6-8-10-15/h6-10,13-14H,5,11-12H2,1-4H3,(H,19,20). The van der Waals surface area contributed by atoms with E-state index in [-0.39, 0.29) is 0 Å². The van der Waals surface area contributed by atoms with Gasteiger partial charge in [-0.2, -0.15) is 0 Å². The number of nitrogens with one attached hydrogen (secondary N) is 1. The number of anilines is 1. The number of aromatic nitrogens is 1. The third-order valence-corrected chi connectivity index (χ3v) is 4.71. The zero-order valence-electron chi connectivity index (χ0n) is 13.5. The fraction of sp³-hybridized carbons (Fsp3) is 0.500. The molecule has 0 fully saturated rings. The number of rotatable bonds is 7. The average molecular weight is 302 g/mol. The van der Waals surface area contributed by atoms with Crippen LogP contribution in [0.25, 0.3) is 0 Å². The third kappa shape index (κ3) is 4.57. The predicted molar refractivity (Wildman–Crippen MR) is 93.4 cm³/mol. The Morgan fingerprint density at radius 3 is 2.48 bits per heavy atom. The molecule has 0 amide bonds. The van der Waals surface area contributed by atoms with Gasteiger partial charge in [0.05, 0.1) is 5.69 Å². The minimum atomic E-state index is 0.494. The lowest BCUT2D eigenvalue weighted by Gasteiger charge is -2.12. The van der Waals surface area contributed by atoms with E-state index in [1.807, 2.05) is 11.3 Å². The summed E-state index contributed by atoms with van der Waals surface area (Å²) in [5.74, 6) is 1.18. The molecular formula is C18H26N2S. The van der Waals surface area contributed by atoms with Crippen molar-refractivity contribution in [2.24, 2.45) is 5.92 Å². The summed E-state index contributed by atoms with van der Waals surface area (Å²) in [7, 11) is 0. The van der Waals surface area contributed by atoms with Crippen molar-refractivity contribution in [3.05, 3.63) is 46.5 Å². The first kappa shape index (κ1) is 16.0. The lowest BCUT2D eigenvalue weighted by atomic mass is 10.0. The number of aryl methyl sites for hydroxylation is 1. The first-order chi connectivity index (χ1) is 10.1. The minimum Gasteiger partial charge on any atom is -0.361 e. The number of hydrogen-bond acceptors (Lipinski definition) is 3. The lowest BCUT2D eigenvalue weighted by molar-refractivity contribution is 0.649. The third-order valence-electron chi connectivity index (χ3n) is 3.63. The number of benzene rings is 1. The molecule has 0 saturated carbocycles. The van der Waals surface area contributed by atoms with Gasteiger partial charge in [-0.1, -0.05) is 58.0 Å². The van der Waals surface area contributed by atoms with Gasteiger partial charge in [0.1, 0.15) is 0 Å². The molecule has 0 aliphatic rings. The van der Waals surface area contributed by atoms with E-state index in [1.165, 1.54) is 16.1 Å². The van der Waals surface area contributed by atoms with Crippen molar-refractivity contribution in [1.29, 1.82) is 0 Å². The van der Waals surface area contributed by atoms with Crippen LogP contribution in [0.3, 0.4) is 0 Å². The molecule has 1 aromatic heterocycles. The van der Waals surface area contributed by atoms with Crippen molar-refractivity contribution in [2.45, 2.75) is 46.5 Å². The second kappa shape index (κ2) is 7.60. The molecule has 114 valence electrons. The van der Waals surface area contributed by atoms with Crippen LogP contribution in [0, 0.1) is 5.92 Å². The van der Waals surface area contributed by atoms with Gasteiger partial charge < -0.3 is 5.32 Å². The lowest BCUT2D eigenvalue weighted by Crippen LogP contribution is -2.09. The largest absolute Gasteiger partial charge is 0.361 e.